The van der Waals surface area contributed by atoms with Crippen molar-refractivity contribution in [2.45, 2.75) is 31.9 Å². The fourth-order valence-corrected chi connectivity index (χ4v) is 2.81. The molecule has 0 aliphatic carbocycles. The van der Waals surface area contributed by atoms with E-state index in [-0.39, 0.29) is 6.04 Å². The molecule has 0 radical (unpaired) electrons. The van der Waals surface area contributed by atoms with Crippen LogP contribution in [0, 0.1) is 5.92 Å². The molecule has 0 spiro atoms. The predicted octanol–water partition coefficient (Wildman–Crippen LogP) is 2.17. The fraction of sp³-hybridized carbons (Fsp3) is 0.643. The lowest BCUT2D eigenvalue weighted by Crippen LogP contribution is -2.30. The molecule has 0 bridgehead atoms. The van der Waals surface area contributed by atoms with Crippen LogP contribution >= 0.6 is 0 Å². The number of hydrogen-bond donors (Lipinski definition) is 1. The predicted molar refractivity (Wildman–Crippen MR) is 70.7 cm³/mol. The molecule has 1 aliphatic heterocycles. The van der Waals surface area contributed by atoms with Crippen LogP contribution in [0.3, 0.4) is 0 Å². The maximum Gasteiger partial charge on any atom is 0.137 e. The first-order chi connectivity index (χ1) is 8.80. The zero-order chi connectivity index (χ0) is 13.0. The van der Waals surface area contributed by atoms with Crippen LogP contribution in [0.1, 0.15) is 31.4 Å². The van der Waals surface area contributed by atoms with Gasteiger partial charge in [-0.05, 0) is 31.5 Å². The number of rotatable bonds is 5. The number of nitrogens with one attached hydrogen (secondary N) is 1. The van der Waals surface area contributed by atoms with Gasteiger partial charge in [0, 0.05) is 24.8 Å². The average Bonchev–Trinajstić information content (AvgIpc) is 2.88. The summed E-state index contributed by atoms with van der Waals surface area (Å²) in [5, 5.41) is 3.40. The van der Waals surface area contributed by atoms with Crippen LogP contribution in [0.5, 0.6) is 5.75 Å². The minimum Gasteiger partial charge on any atom is -0.495 e. The van der Waals surface area contributed by atoms with Crippen molar-refractivity contribution in [1.29, 1.82) is 0 Å². The van der Waals surface area contributed by atoms with Gasteiger partial charge in [0.05, 0.1) is 19.4 Å². The Balaban J connectivity index is 2.21. The summed E-state index contributed by atoms with van der Waals surface area (Å²) in [5.74, 6) is 1.31. The van der Waals surface area contributed by atoms with Gasteiger partial charge in [-0.2, -0.15) is 0 Å². The first-order valence-electron chi connectivity index (χ1n) is 6.58. The molecule has 1 fully saturated rings. The van der Waals surface area contributed by atoms with E-state index in [0.717, 1.165) is 25.2 Å². The van der Waals surface area contributed by atoms with E-state index < -0.39 is 0 Å². The van der Waals surface area contributed by atoms with Crippen LogP contribution < -0.4 is 10.1 Å². The standard InChI is InChI=1S/C14H22N2O2/c1-4-13-12(5-6-18-13)14(15-2)10-7-11(17-3)9-16-8-10/h7-9,12-15H,4-6H2,1-3H3. The Kier molecular flexibility index (Phi) is 4.55. The summed E-state index contributed by atoms with van der Waals surface area (Å²) >= 11 is 0. The third-order valence-electron chi connectivity index (χ3n) is 3.73. The van der Waals surface area contributed by atoms with Gasteiger partial charge in [-0.1, -0.05) is 6.92 Å². The van der Waals surface area contributed by atoms with E-state index in [1.807, 2.05) is 13.2 Å². The largest absolute Gasteiger partial charge is 0.495 e. The summed E-state index contributed by atoms with van der Waals surface area (Å²) < 4.78 is 11.0. The molecule has 2 heterocycles. The average molecular weight is 250 g/mol. The van der Waals surface area contributed by atoms with Crippen molar-refractivity contribution >= 4 is 0 Å². The van der Waals surface area contributed by atoms with Crippen LogP contribution in [-0.2, 0) is 4.74 Å². The summed E-state index contributed by atoms with van der Waals surface area (Å²) in [6.07, 6.45) is 6.14. The van der Waals surface area contributed by atoms with Crippen LogP contribution in [0.15, 0.2) is 18.5 Å². The molecule has 0 amide bonds. The summed E-state index contributed by atoms with van der Waals surface area (Å²) in [5.41, 5.74) is 1.17. The Bertz CT molecular complexity index is 384. The number of nitrogens with zero attached hydrogens (tertiary/aromatic N) is 1. The van der Waals surface area contributed by atoms with Gasteiger partial charge in [0.15, 0.2) is 0 Å². The molecule has 0 aromatic carbocycles. The number of pyridine rings is 1. The van der Waals surface area contributed by atoms with Gasteiger partial charge in [0.2, 0.25) is 0 Å². The molecule has 3 unspecified atom stereocenters. The number of methoxy groups -OCH3 is 1. The van der Waals surface area contributed by atoms with Gasteiger partial charge >= 0.3 is 0 Å². The van der Waals surface area contributed by atoms with E-state index in [2.05, 4.69) is 23.3 Å². The number of aromatic nitrogens is 1. The van der Waals surface area contributed by atoms with Gasteiger partial charge < -0.3 is 14.8 Å². The molecular weight excluding hydrogens is 228 g/mol. The minimum absolute atomic E-state index is 0.278. The van der Waals surface area contributed by atoms with Crippen molar-refractivity contribution < 1.29 is 9.47 Å². The molecule has 100 valence electrons. The Morgan fingerprint density at radius 3 is 3.06 bits per heavy atom. The van der Waals surface area contributed by atoms with E-state index in [1.54, 1.807) is 13.3 Å². The van der Waals surface area contributed by atoms with E-state index in [1.165, 1.54) is 5.56 Å². The normalized spacial score (nSPS) is 25.1. The Hall–Kier alpha value is -1.13. The molecule has 1 aliphatic rings. The Morgan fingerprint density at radius 2 is 2.39 bits per heavy atom. The van der Waals surface area contributed by atoms with Crippen LogP contribution in [-0.4, -0.2) is 31.9 Å². The van der Waals surface area contributed by atoms with Crippen molar-refractivity contribution in [3.63, 3.8) is 0 Å². The molecule has 1 N–H and O–H groups in total. The summed E-state index contributed by atoms with van der Waals surface area (Å²) in [7, 11) is 3.66. The quantitative estimate of drug-likeness (QED) is 0.869. The van der Waals surface area contributed by atoms with Crippen molar-refractivity contribution in [3.05, 3.63) is 24.0 Å². The molecular formula is C14H22N2O2. The monoisotopic (exact) mass is 250 g/mol. The zero-order valence-electron chi connectivity index (χ0n) is 11.3. The van der Waals surface area contributed by atoms with E-state index in [4.69, 9.17) is 9.47 Å². The van der Waals surface area contributed by atoms with E-state index in [9.17, 15) is 0 Å². The lowest BCUT2D eigenvalue weighted by Gasteiger charge is -2.27. The number of hydrogen-bond acceptors (Lipinski definition) is 4. The van der Waals surface area contributed by atoms with Crippen LogP contribution in [0.2, 0.25) is 0 Å². The molecule has 18 heavy (non-hydrogen) atoms. The summed E-state index contributed by atoms with van der Waals surface area (Å²) in [4.78, 5) is 4.24. The van der Waals surface area contributed by atoms with Gasteiger partial charge in [-0.15, -0.1) is 0 Å². The van der Waals surface area contributed by atoms with Crippen molar-refractivity contribution in [3.8, 4) is 5.75 Å². The highest BCUT2D eigenvalue weighted by Crippen LogP contribution is 2.35. The summed E-state index contributed by atoms with van der Waals surface area (Å²) in [6, 6.07) is 2.33. The molecule has 1 saturated heterocycles. The van der Waals surface area contributed by atoms with Crippen molar-refractivity contribution in [2.75, 3.05) is 20.8 Å². The SMILES string of the molecule is CCC1OCCC1C(NC)c1cncc(OC)c1. The van der Waals surface area contributed by atoms with Crippen molar-refractivity contribution in [2.24, 2.45) is 5.92 Å². The smallest absolute Gasteiger partial charge is 0.137 e. The Morgan fingerprint density at radius 1 is 1.56 bits per heavy atom. The van der Waals surface area contributed by atoms with E-state index in [0.29, 0.717) is 12.0 Å². The maximum atomic E-state index is 5.78. The highest BCUT2D eigenvalue weighted by atomic mass is 16.5. The van der Waals surface area contributed by atoms with Gasteiger partial charge in [0.25, 0.3) is 0 Å². The zero-order valence-corrected chi connectivity index (χ0v) is 11.3. The molecule has 0 saturated carbocycles. The first-order valence-corrected chi connectivity index (χ1v) is 6.58. The third-order valence-corrected chi connectivity index (χ3v) is 3.73. The van der Waals surface area contributed by atoms with Gasteiger partial charge in [0.1, 0.15) is 5.75 Å². The molecule has 4 heteroatoms. The second-order valence-corrected chi connectivity index (χ2v) is 4.69. The topological polar surface area (TPSA) is 43.4 Å². The second kappa shape index (κ2) is 6.16. The molecule has 4 nitrogen and oxygen atoms in total. The molecule has 1 aromatic heterocycles. The number of ether oxygens (including phenoxy) is 2. The highest BCUT2D eigenvalue weighted by Gasteiger charge is 2.33. The molecule has 3 atom stereocenters. The third kappa shape index (κ3) is 2.65. The molecule has 2 rings (SSSR count). The van der Waals surface area contributed by atoms with E-state index >= 15 is 0 Å². The van der Waals surface area contributed by atoms with Gasteiger partial charge in [-0.25, -0.2) is 0 Å². The summed E-state index contributed by atoms with van der Waals surface area (Å²) in [6.45, 7) is 3.04. The first kappa shape index (κ1) is 13.3. The highest BCUT2D eigenvalue weighted by molar-refractivity contribution is 5.26. The Labute approximate surface area is 109 Å². The van der Waals surface area contributed by atoms with Crippen LogP contribution in [0.4, 0.5) is 0 Å². The maximum absolute atomic E-state index is 5.78. The van der Waals surface area contributed by atoms with Crippen LogP contribution in [0.25, 0.3) is 0 Å². The van der Waals surface area contributed by atoms with Crippen molar-refractivity contribution in [1.82, 2.24) is 10.3 Å². The lowest BCUT2D eigenvalue weighted by molar-refractivity contribution is 0.0782. The van der Waals surface area contributed by atoms with Gasteiger partial charge in [-0.3, -0.25) is 4.98 Å². The fourth-order valence-electron chi connectivity index (χ4n) is 2.81. The lowest BCUT2D eigenvalue weighted by atomic mass is 9.87. The molecule has 1 aromatic rings. The minimum atomic E-state index is 0.278. The second-order valence-electron chi connectivity index (χ2n) is 4.69.